The second-order valence-electron chi connectivity index (χ2n) is 8.82. The Morgan fingerprint density at radius 2 is 1.61 bits per heavy atom. The normalized spacial score (nSPS) is 17.3. The van der Waals surface area contributed by atoms with Crippen molar-refractivity contribution >= 4 is 17.4 Å². The highest BCUT2D eigenvalue weighted by atomic mass is 16.5. The van der Waals surface area contributed by atoms with Gasteiger partial charge in [-0.05, 0) is 55.6 Å². The van der Waals surface area contributed by atoms with Gasteiger partial charge in [-0.15, -0.1) is 0 Å². The van der Waals surface area contributed by atoms with Crippen LogP contribution in [0, 0.1) is 13.8 Å². The summed E-state index contributed by atoms with van der Waals surface area (Å²) < 4.78 is 5.23. The summed E-state index contributed by atoms with van der Waals surface area (Å²) in [5, 5.41) is 0. The van der Waals surface area contributed by atoms with Gasteiger partial charge in [-0.25, -0.2) is 0 Å². The molecule has 2 aliphatic rings. The van der Waals surface area contributed by atoms with Crippen molar-refractivity contribution in [3.63, 3.8) is 0 Å². The molecule has 0 spiro atoms. The fourth-order valence-corrected chi connectivity index (χ4v) is 4.72. The molecule has 174 valence electrons. The Hall–Kier alpha value is -3.12. The van der Waals surface area contributed by atoms with Gasteiger partial charge in [-0.1, -0.05) is 42.8 Å². The summed E-state index contributed by atoms with van der Waals surface area (Å²) in [6.07, 6.45) is 0.610. The molecule has 2 aromatic rings. The van der Waals surface area contributed by atoms with Gasteiger partial charge in [0.1, 0.15) is 11.4 Å². The lowest BCUT2D eigenvalue weighted by Crippen LogP contribution is -2.47. The lowest BCUT2D eigenvalue weighted by molar-refractivity contribution is -0.137. The lowest BCUT2D eigenvalue weighted by Gasteiger charge is -2.36. The fourth-order valence-electron chi connectivity index (χ4n) is 4.72. The molecule has 0 unspecified atom stereocenters. The highest BCUT2D eigenvalue weighted by Crippen LogP contribution is 2.34. The van der Waals surface area contributed by atoms with Crippen molar-refractivity contribution in [3.8, 4) is 5.75 Å². The third-order valence-electron chi connectivity index (χ3n) is 6.71. The molecule has 0 aliphatic carbocycles. The smallest absolute Gasteiger partial charge is 0.277 e. The molecule has 0 aromatic heterocycles. The fraction of sp³-hybridized carbons (Fsp3) is 0.407. The minimum Gasteiger partial charge on any atom is -0.497 e. The van der Waals surface area contributed by atoms with Crippen LogP contribution in [0.3, 0.4) is 0 Å². The number of methoxy groups -OCH3 is 1. The van der Waals surface area contributed by atoms with Crippen LogP contribution in [0.4, 0.5) is 0 Å². The summed E-state index contributed by atoms with van der Waals surface area (Å²) in [6, 6.07) is 13.8. The Bertz CT molecular complexity index is 1070. The largest absolute Gasteiger partial charge is 0.497 e. The average molecular weight is 448 g/mol. The van der Waals surface area contributed by atoms with E-state index in [0.29, 0.717) is 24.2 Å². The van der Waals surface area contributed by atoms with E-state index >= 15 is 0 Å². The Balaban J connectivity index is 1.63. The molecule has 4 rings (SSSR count). The molecule has 6 nitrogen and oxygen atoms in total. The predicted octanol–water partition coefficient (Wildman–Crippen LogP) is 3.27. The van der Waals surface area contributed by atoms with Crippen LogP contribution in [0.1, 0.15) is 29.2 Å². The summed E-state index contributed by atoms with van der Waals surface area (Å²) >= 11 is 0. The SMILES string of the molecule is CCN1CCN(C2=C(c3ccc(C)cc3C)C(=O)N(CCc3ccc(OC)cc3)C2=O)CC1. The Morgan fingerprint density at radius 3 is 2.21 bits per heavy atom. The molecule has 1 saturated heterocycles. The van der Waals surface area contributed by atoms with Gasteiger partial charge in [-0.2, -0.15) is 0 Å². The maximum absolute atomic E-state index is 13.6. The molecule has 6 heteroatoms. The minimum absolute atomic E-state index is 0.173. The number of imide groups is 1. The van der Waals surface area contributed by atoms with E-state index in [0.717, 1.165) is 60.7 Å². The average Bonchev–Trinajstić information content (AvgIpc) is 3.07. The summed E-state index contributed by atoms with van der Waals surface area (Å²) in [6.45, 7) is 10.9. The summed E-state index contributed by atoms with van der Waals surface area (Å²) in [4.78, 5) is 33.2. The van der Waals surface area contributed by atoms with Crippen LogP contribution >= 0.6 is 0 Å². The summed E-state index contributed by atoms with van der Waals surface area (Å²) in [5.74, 6) is 0.432. The number of nitrogens with zero attached hydrogens (tertiary/aromatic N) is 3. The van der Waals surface area contributed by atoms with E-state index in [4.69, 9.17) is 4.74 Å². The first kappa shape index (κ1) is 23.1. The van der Waals surface area contributed by atoms with Crippen molar-refractivity contribution in [3.05, 3.63) is 70.4 Å². The molecular formula is C27H33N3O3. The predicted molar refractivity (Wildman–Crippen MR) is 130 cm³/mol. The molecule has 0 atom stereocenters. The van der Waals surface area contributed by atoms with Crippen LogP contribution in [0.2, 0.25) is 0 Å². The van der Waals surface area contributed by atoms with Crippen molar-refractivity contribution in [2.45, 2.75) is 27.2 Å². The number of hydrogen-bond donors (Lipinski definition) is 0. The van der Waals surface area contributed by atoms with Gasteiger partial charge in [0.25, 0.3) is 11.8 Å². The van der Waals surface area contributed by atoms with Crippen molar-refractivity contribution in [2.75, 3.05) is 46.4 Å². The Labute approximate surface area is 196 Å². The van der Waals surface area contributed by atoms with Crippen molar-refractivity contribution in [2.24, 2.45) is 0 Å². The molecule has 2 amide bonds. The van der Waals surface area contributed by atoms with E-state index in [2.05, 4.69) is 22.8 Å². The standard InChI is InChI=1S/C27H33N3O3/c1-5-28-14-16-29(17-15-28)25-24(23-11-6-19(2)18-20(23)3)26(31)30(27(25)32)13-12-21-7-9-22(33-4)10-8-21/h6-11,18H,5,12-17H2,1-4H3. The zero-order chi connectivity index (χ0) is 23.5. The number of ether oxygens (including phenoxy) is 1. The number of carbonyl (C=O) groups is 2. The Kier molecular flexibility index (Phi) is 6.84. The highest BCUT2D eigenvalue weighted by Gasteiger charge is 2.42. The first-order valence-corrected chi connectivity index (χ1v) is 11.7. The van der Waals surface area contributed by atoms with E-state index in [-0.39, 0.29) is 11.8 Å². The number of carbonyl (C=O) groups excluding carboxylic acids is 2. The third-order valence-corrected chi connectivity index (χ3v) is 6.71. The van der Waals surface area contributed by atoms with E-state index in [9.17, 15) is 9.59 Å². The quantitative estimate of drug-likeness (QED) is 0.610. The zero-order valence-corrected chi connectivity index (χ0v) is 20.1. The molecule has 2 aromatic carbocycles. The second-order valence-corrected chi connectivity index (χ2v) is 8.82. The van der Waals surface area contributed by atoms with Crippen LogP contribution in [0.25, 0.3) is 5.57 Å². The number of benzene rings is 2. The van der Waals surface area contributed by atoms with Crippen molar-refractivity contribution in [1.29, 1.82) is 0 Å². The maximum Gasteiger partial charge on any atom is 0.277 e. The van der Waals surface area contributed by atoms with E-state index < -0.39 is 0 Å². The van der Waals surface area contributed by atoms with Crippen molar-refractivity contribution < 1.29 is 14.3 Å². The highest BCUT2D eigenvalue weighted by molar-refractivity contribution is 6.35. The zero-order valence-electron chi connectivity index (χ0n) is 20.1. The van der Waals surface area contributed by atoms with Crippen LogP contribution in [-0.2, 0) is 16.0 Å². The maximum atomic E-state index is 13.6. The van der Waals surface area contributed by atoms with E-state index in [1.165, 1.54) is 4.90 Å². The van der Waals surface area contributed by atoms with Crippen molar-refractivity contribution in [1.82, 2.24) is 14.7 Å². The van der Waals surface area contributed by atoms with Gasteiger partial charge < -0.3 is 14.5 Å². The number of amides is 2. The van der Waals surface area contributed by atoms with Gasteiger partial charge in [0.05, 0.1) is 12.7 Å². The first-order valence-electron chi connectivity index (χ1n) is 11.7. The van der Waals surface area contributed by atoms with Gasteiger partial charge in [0.15, 0.2) is 0 Å². The van der Waals surface area contributed by atoms with Crippen LogP contribution in [0.5, 0.6) is 5.75 Å². The molecule has 1 fully saturated rings. The van der Waals surface area contributed by atoms with E-state index in [1.54, 1.807) is 7.11 Å². The van der Waals surface area contributed by atoms with Crippen LogP contribution in [-0.4, -0.2) is 72.9 Å². The number of piperazine rings is 1. The molecule has 0 N–H and O–H groups in total. The minimum atomic E-state index is -0.187. The number of hydrogen-bond acceptors (Lipinski definition) is 5. The topological polar surface area (TPSA) is 53.1 Å². The molecule has 33 heavy (non-hydrogen) atoms. The van der Waals surface area contributed by atoms with Crippen LogP contribution < -0.4 is 4.74 Å². The summed E-state index contributed by atoms with van der Waals surface area (Å²) in [7, 11) is 1.64. The Morgan fingerprint density at radius 1 is 0.909 bits per heavy atom. The number of rotatable bonds is 7. The lowest BCUT2D eigenvalue weighted by atomic mass is 9.97. The summed E-state index contributed by atoms with van der Waals surface area (Å²) in [5.41, 5.74) is 5.21. The monoisotopic (exact) mass is 447 g/mol. The molecule has 0 radical (unpaired) electrons. The third kappa shape index (κ3) is 4.67. The van der Waals surface area contributed by atoms with Gasteiger partial charge >= 0.3 is 0 Å². The molecule has 2 aliphatic heterocycles. The van der Waals surface area contributed by atoms with Gasteiger partial charge in [0, 0.05) is 32.7 Å². The number of likely N-dealkylation sites (N-methyl/N-ethyl adjacent to an activating group) is 1. The van der Waals surface area contributed by atoms with Gasteiger partial charge in [0.2, 0.25) is 0 Å². The molecule has 0 saturated carbocycles. The molecule has 2 heterocycles. The second kappa shape index (κ2) is 9.79. The number of aryl methyl sites for hydroxylation is 2. The van der Waals surface area contributed by atoms with Gasteiger partial charge in [-0.3, -0.25) is 14.5 Å². The molecule has 0 bridgehead atoms. The van der Waals surface area contributed by atoms with Crippen LogP contribution in [0.15, 0.2) is 48.2 Å². The van der Waals surface area contributed by atoms with E-state index in [1.807, 2.05) is 50.2 Å². The first-order chi connectivity index (χ1) is 15.9. The molecular weight excluding hydrogens is 414 g/mol.